The molecule has 1 unspecified atom stereocenters. The van der Waals surface area contributed by atoms with Gasteiger partial charge in [-0.05, 0) is 31.5 Å². The standard InChI is InChI=1S/C14H21NO3/c1-5-10(2)15-9-13(16)12-8-11(17-3)6-7-14(12)18-4/h6-8,10,15H,5,9H2,1-4H3. The van der Waals surface area contributed by atoms with Crippen molar-refractivity contribution in [2.45, 2.75) is 26.3 Å². The molecule has 1 aromatic rings. The van der Waals surface area contributed by atoms with E-state index in [1.165, 1.54) is 0 Å². The van der Waals surface area contributed by atoms with Crippen molar-refractivity contribution in [1.82, 2.24) is 5.32 Å². The zero-order valence-electron chi connectivity index (χ0n) is 11.4. The van der Waals surface area contributed by atoms with E-state index in [1.54, 1.807) is 32.4 Å². The zero-order valence-corrected chi connectivity index (χ0v) is 11.4. The van der Waals surface area contributed by atoms with Gasteiger partial charge in [-0.1, -0.05) is 6.92 Å². The topological polar surface area (TPSA) is 47.6 Å². The number of ketones is 1. The van der Waals surface area contributed by atoms with Gasteiger partial charge < -0.3 is 14.8 Å². The molecule has 1 atom stereocenters. The predicted octanol–water partition coefficient (Wildman–Crippen LogP) is 2.27. The van der Waals surface area contributed by atoms with Gasteiger partial charge in [0.25, 0.3) is 0 Å². The van der Waals surface area contributed by atoms with Crippen molar-refractivity contribution >= 4 is 5.78 Å². The number of hydrogen-bond acceptors (Lipinski definition) is 4. The number of nitrogens with one attached hydrogen (secondary N) is 1. The Kier molecular flexibility index (Phi) is 5.65. The highest BCUT2D eigenvalue weighted by atomic mass is 16.5. The Labute approximate surface area is 108 Å². The predicted molar refractivity (Wildman–Crippen MR) is 71.6 cm³/mol. The van der Waals surface area contributed by atoms with E-state index in [-0.39, 0.29) is 5.78 Å². The SMILES string of the molecule is CCC(C)NCC(=O)c1cc(OC)ccc1OC. The van der Waals surface area contributed by atoms with Gasteiger partial charge in [0, 0.05) is 6.04 Å². The van der Waals surface area contributed by atoms with Gasteiger partial charge in [0.05, 0.1) is 26.3 Å². The Morgan fingerprint density at radius 3 is 2.61 bits per heavy atom. The van der Waals surface area contributed by atoms with Crippen molar-refractivity contribution < 1.29 is 14.3 Å². The van der Waals surface area contributed by atoms with Gasteiger partial charge in [-0.3, -0.25) is 4.79 Å². The number of methoxy groups -OCH3 is 2. The van der Waals surface area contributed by atoms with Gasteiger partial charge in [-0.2, -0.15) is 0 Å². The van der Waals surface area contributed by atoms with Gasteiger partial charge in [0.1, 0.15) is 11.5 Å². The number of carbonyl (C=O) groups excluding carboxylic acids is 1. The Bertz CT molecular complexity index is 404. The Morgan fingerprint density at radius 1 is 1.33 bits per heavy atom. The molecule has 1 aromatic carbocycles. The fourth-order valence-electron chi connectivity index (χ4n) is 1.54. The van der Waals surface area contributed by atoms with E-state index >= 15 is 0 Å². The quantitative estimate of drug-likeness (QED) is 0.755. The fourth-order valence-corrected chi connectivity index (χ4v) is 1.54. The smallest absolute Gasteiger partial charge is 0.180 e. The first kappa shape index (κ1) is 14.5. The molecule has 0 fully saturated rings. The molecule has 18 heavy (non-hydrogen) atoms. The molecule has 0 aliphatic heterocycles. The lowest BCUT2D eigenvalue weighted by atomic mass is 10.1. The summed E-state index contributed by atoms with van der Waals surface area (Å²) in [6.07, 6.45) is 0.989. The van der Waals surface area contributed by atoms with Crippen molar-refractivity contribution in [2.75, 3.05) is 20.8 Å². The highest BCUT2D eigenvalue weighted by Crippen LogP contribution is 2.24. The van der Waals surface area contributed by atoms with Gasteiger partial charge in [0.15, 0.2) is 5.78 Å². The minimum atomic E-state index is 0.00560. The largest absolute Gasteiger partial charge is 0.497 e. The lowest BCUT2D eigenvalue weighted by molar-refractivity contribution is 0.0984. The van der Waals surface area contributed by atoms with Gasteiger partial charge >= 0.3 is 0 Å². The molecule has 100 valence electrons. The van der Waals surface area contributed by atoms with Crippen LogP contribution < -0.4 is 14.8 Å². The maximum atomic E-state index is 12.1. The van der Waals surface area contributed by atoms with Gasteiger partial charge in [-0.15, -0.1) is 0 Å². The van der Waals surface area contributed by atoms with Crippen LogP contribution in [0.5, 0.6) is 11.5 Å². The van der Waals surface area contributed by atoms with Gasteiger partial charge in [-0.25, -0.2) is 0 Å². The van der Waals surface area contributed by atoms with Crippen LogP contribution in [-0.2, 0) is 0 Å². The summed E-state index contributed by atoms with van der Waals surface area (Å²) in [5.41, 5.74) is 0.549. The number of rotatable bonds is 7. The molecule has 0 saturated heterocycles. The molecule has 0 aliphatic rings. The Balaban J connectivity index is 2.82. The number of hydrogen-bond donors (Lipinski definition) is 1. The molecule has 0 amide bonds. The first-order chi connectivity index (χ1) is 8.62. The van der Waals surface area contributed by atoms with Crippen LogP contribution in [0, 0.1) is 0 Å². The second kappa shape index (κ2) is 7.01. The van der Waals surface area contributed by atoms with Crippen molar-refractivity contribution in [3.63, 3.8) is 0 Å². The monoisotopic (exact) mass is 251 g/mol. The fraction of sp³-hybridized carbons (Fsp3) is 0.500. The van der Waals surface area contributed by atoms with Crippen LogP contribution in [0.1, 0.15) is 30.6 Å². The molecule has 0 aliphatic carbocycles. The lowest BCUT2D eigenvalue weighted by Crippen LogP contribution is -2.31. The highest BCUT2D eigenvalue weighted by molar-refractivity contribution is 6.00. The van der Waals surface area contributed by atoms with Crippen LogP contribution in [0.2, 0.25) is 0 Å². The van der Waals surface area contributed by atoms with Crippen molar-refractivity contribution in [1.29, 1.82) is 0 Å². The lowest BCUT2D eigenvalue weighted by Gasteiger charge is -2.13. The molecule has 0 bridgehead atoms. The zero-order chi connectivity index (χ0) is 13.5. The summed E-state index contributed by atoms with van der Waals surface area (Å²) < 4.78 is 10.3. The molecule has 4 heteroatoms. The summed E-state index contributed by atoms with van der Waals surface area (Å²) in [5, 5.41) is 3.17. The molecule has 4 nitrogen and oxygen atoms in total. The summed E-state index contributed by atoms with van der Waals surface area (Å²) in [6.45, 7) is 4.43. The summed E-state index contributed by atoms with van der Waals surface area (Å²) in [4.78, 5) is 12.1. The molecule has 0 aromatic heterocycles. The first-order valence-corrected chi connectivity index (χ1v) is 6.11. The maximum Gasteiger partial charge on any atom is 0.180 e. The van der Waals surface area contributed by atoms with Crippen LogP contribution in [0.25, 0.3) is 0 Å². The van der Waals surface area contributed by atoms with E-state index in [4.69, 9.17) is 9.47 Å². The Morgan fingerprint density at radius 2 is 2.06 bits per heavy atom. The second-order valence-corrected chi connectivity index (χ2v) is 4.18. The molecule has 0 heterocycles. The van der Waals surface area contributed by atoms with E-state index in [9.17, 15) is 4.79 Å². The van der Waals surface area contributed by atoms with Gasteiger partial charge in [0.2, 0.25) is 0 Å². The average Bonchev–Trinajstić information content (AvgIpc) is 2.43. The third-order valence-electron chi connectivity index (χ3n) is 2.93. The van der Waals surface area contributed by atoms with Crippen LogP contribution in [0.3, 0.4) is 0 Å². The summed E-state index contributed by atoms with van der Waals surface area (Å²) in [6, 6.07) is 5.55. The number of ether oxygens (including phenoxy) is 2. The van der Waals surface area contributed by atoms with E-state index in [1.807, 2.05) is 0 Å². The summed E-state index contributed by atoms with van der Waals surface area (Å²) >= 11 is 0. The van der Waals surface area contributed by atoms with E-state index in [0.29, 0.717) is 29.6 Å². The third-order valence-corrected chi connectivity index (χ3v) is 2.93. The summed E-state index contributed by atoms with van der Waals surface area (Å²) in [5.74, 6) is 1.24. The first-order valence-electron chi connectivity index (χ1n) is 6.11. The molecule has 0 spiro atoms. The average molecular weight is 251 g/mol. The number of Topliss-reactive ketones (excluding diaryl/α,β-unsaturated/α-hetero) is 1. The van der Waals surface area contributed by atoms with Crippen LogP contribution in [0.4, 0.5) is 0 Å². The van der Waals surface area contributed by atoms with Crippen LogP contribution >= 0.6 is 0 Å². The highest BCUT2D eigenvalue weighted by Gasteiger charge is 2.14. The molecule has 0 saturated carbocycles. The minimum Gasteiger partial charge on any atom is -0.497 e. The van der Waals surface area contributed by atoms with Crippen molar-refractivity contribution in [3.8, 4) is 11.5 Å². The molecule has 1 N–H and O–H groups in total. The van der Waals surface area contributed by atoms with Crippen LogP contribution in [-0.4, -0.2) is 32.6 Å². The van der Waals surface area contributed by atoms with E-state index in [2.05, 4.69) is 19.2 Å². The minimum absolute atomic E-state index is 0.00560. The van der Waals surface area contributed by atoms with E-state index < -0.39 is 0 Å². The molecule has 0 radical (unpaired) electrons. The normalized spacial score (nSPS) is 12.0. The maximum absolute atomic E-state index is 12.1. The van der Waals surface area contributed by atoms with Crippen LogP contribution in [0.15, 0.2) is 18.2 Å². The molecule has 1 rings (SSSR count). The number of carbonyl (C=O) groups is 1. The molecular weight excluding hydrogens is 230 g/mol. The van der Waals surface area contributed by atoms with E-state index in [0.717, 1.165) is 6.42 Å². The van der Waals surface area contributed by atoms with Crippen molar-refractivity contribution in [3.05, 3.63) is 23.8 Å². The summed E-state index contributed by atoms with van der Waals surface area (Å²) in [7, 11) is 3.13. The second-order valence-electron chi connectivity index (χ2n) is 4.18. The number of benzene rings is 1. The van der Waals surface area contributed by atoms with Crippen molar-refractivity contribution in [2.24, 2.45) is 0 Å². The Hall–Kier alpha value is -1.55. The third kappa shape index (κ3) is 3.74. The molecular formula is C14H21NO3.